The van der Waals surface area contributed by atoms with Crippen molar-refractivity contribution < 1.29 is 0 Å². The summed E-state index contributed by atoms with van der Waals surface area (Å²) in [5.74, 6) is 0. The Morgan fingerprint density at radius 3 is 1.44 bits per heavy atom. The Morgan fingerprint density at radius 1 is 0.833 bits per heavy atom. The molecule has 2 unspecified atom stereocenters. The predicted molar refractivity (Wildman–Crippen MR) is 99.2 cm³/mol. The molecule has 0 spiro atoms. The maximum absolute atomic E-state index is 6.50. The molecular weight excluding hydrogens is 421 g/mol. The van der Waals surface area contributed by atoms with Gasteiger partial charge in [-0.25, -0.2) is 0 Å². The maximum Gasteiger partial charge on any atom is 0.106 e. The third kappa shape index (κ3) is 3.66. The lowest BCUT2D eigenvalue weighted by Crippen LogP contribution is -2.34. The van der Waals surface area contributed by atoms with E-state index in [0.29, 0.717) is 0 Å². The molecule has 0 N–H and O–H groups in total. The summed E-state index contributed by atoms with van der Waals surface area (Å²) in [4.78, 5) is 7.90. The fourth-order valence-electron chi connectivity index (χ4n) is 1.43. The van der Waals surface area contributed by atoms with E-state index < -0.39 is 34.5 Å². The van der Waals surface area contributed by atoms with Gasteiger partial charge < -0.3 is 0 Å². The van der Waals surface area contributed by atoms with Crippen LogP contribution < -0.4 is 0 Å². The monoisotopic (exact) mass is 430 g/mol. The first-order valence-corrected chi connectivity index (χ1v) is 15.0. The number of hydrogen-bond acceptors (Lipinski definition) is 2. The van der Waals surface area contributed by atoms with E-state index in [4.69, 9.17) is 64.1 Å². The first-order chi connectivity index (χ1) is 8.09. The highest BCUT2D eigenvalue weighted by molar-refractivity contribution is 8.92. The SMILES string of the molecule is CN=CC1S(Cl)(Cl)CS(Cl)(Cl)C(C=NC)S1(Cl)Cl. The summed E-state index contributed by atoms with van der Waals surface area (Å²) in [5.41, 5.74) is 0. The van der Waals surface area contributed by atoms with Crippen LogP contribution in [0.1, 0.15) is 0 Å². The highest BCUT2D eigenvalue weighted by atomic mass is 36.0. The van der Waals surface area contributed by atoms with Crippen LogP contribution >= 0.6 is 89.5 Å². The molecular formula is C7H12Cl6N2S3. The summed E-state index contributed by atoms with van der Waals surface area (Å²) >= 11 is 0. The van der Waals surface area contributed by atoms with Crippen molar-refractivity contribution in [3.8, 4) is 0 Å². The Kier molecular flexibility index (Phi) is 6.55. The quantitative estimate of drug-likeness (QED) is 0.454. The molecule has 1 saturated heterocycles. The fraction of sp³-hybridized carbons (Fsp3) is 0.714. The first kappa shape index (κ1) is 18.2. The minimum absolute atomic E-state index is 0.286. The van der Waals surface area contributed by atoms with Crippen LogP contribution in [-0.4, -0.2) is 40.8 Å². The largest absolute Gasteiger partial charge is 0.299 e. The van der Waals surface area contributed by atoms with Gasteiger partial charge in [0.25, 0.3) is 0 Å². The van der Waals surface area contributed by atoms with E-state index in [1.165, 1.54) is 0 Å². The zero-order valence-corrected chi connectivity index (χ0v) is 16.4. The van der Waals surface area contributed by atoms with Crippen molar-refractivity contribution in [2.24, 2.45) is 9.98 Å². The summed E-state index contributed by atoms with van der Waals surface area (Å²) in [6, 6.07) is 0. The van der Waals surface area contributed by atoms with Gasteiger partial charge in [-0.2, -0.15) is 0 Å². The molecule has 0 aromatic heterocycles. The van der Waals surface area contributed by atoms with E-state index in [1.807, 2.05) is 0 Å². The lowest BCUT2D eigenvalue weighted by atomic mass is 10.8. The van der Waals surface area contributed by atoms with E-state index >= 15 is 0 Å². The van der Waals surface area contributed by atoms with Crippen LogP contribution in [0.2, 0.25) is 0 Å². The van der Waals surface area contributed by atoms with Gasteiger partial charge in [0.2, 0.25) is 0 Å². The standard InChI is InChI=1S/C7H12Cl6N2S3/c1-14-3-6-16(8,9)5-17(10,11)7(4-15-2)18(6,12)13/h3-4,6-7H,5H2,1-2H3. The molecule has 2 nitrogen and oxygen atoms in total. The molecule has 11 heteroatoms. The molecule has 0 radical (unpaired) electrons. The molecule has 0 amide bonds. The molecule has 1 aliphatic heterocycles. The zero-order chi connectivity index (χ0) is 14.2. The lowest BCUT2D eigenvalue weighted by molar-refractivity contribution is 1.44. The number of aliphatic imine (C=N–C) groups is 2. The van der Waals surface area contributed by atoms with Crippen molar-refractivity contribution in [1.82, 2.24) is 0 Å². The van der Waals surface area contributed by atoms with Crippen molar-refractivity contribution in [2.45, 2.75) is 9.16 Å². The molecule has 0 bridgehead atoms. The molecule has 110 valence electrons. The molecule has 0 aromatic carbocycles. The van der Waals surface area contributed by atoms with Gasteiger partial charge in [0.15, 0.2) is 0 Å². The highest BCUT2D eigenvalue weighted by Crippen LogP contribution is 2.93. The summed E-state index contributed by atoms with van der Waals surface area (Å²) in [5, 5.41) is 0.286. The van der Waals surface area contributed by atoms with Gasteiger partial charge in [-0.3, -0.25) is 9.98 Å². The Labute approximate surface area is 139 Å². The van der Waals surface area contributed by atoms with E-state index in [9.17, 15) is 0 Å². The van der Waals surface area contributed by atoms with Gasteiger partial charge in [0, 0.05) is 26.5 Å². The molecule has 1 aliphatic rings. The molecule has 0 saturated carbocycles. The van der Waals surface area contributed by atoms with Crippen molar-refractivity contribution in [1.29, 1.82) is 0 Å². The van der Waals surface area contributed by atoms with Crippen molar-refractivity contribution in [3.05, 3.63) is 0 Å². The normalized spacial score (nSPS) is 39.6. The van der Waals surface area contributed by atoms with Gasteiger partial charge in [0.1, 0.15) is 9.16 Å². The lowest BCUT2D eigenvalue weighted by Gasteiger charge is -2.56. The second kappa shape index (κ2) is 6.49. The van der Waals surface area contributed by atoms with Crippen LogP contribution in [0.15, 0.2) is 9.98 Å². The minimum atomic E-state index is -2.31. The Hall–Kier alpha value is 2.13. The predicted octanol–water partition coefficient (Wildman–Crippen LogP) is 6.35. The summed E-state index contributed by atoms with van der Waals surface area (Å²) in [7, 11) is 35.1. The molecule has 0 aliphatic carbocycles. The van der Waals surface area contributed by atoms with Crippen LogP contribution in [0, 0.1) is 0 Å². The first-order valence-electron chi connectivity index (χ1n) is 4.52. The second-order valence-corrected chi connectivity index (χ2v) is 21.7. The fourth-order valence-corrected chi connectivity index (χ4v) is 29.6. The molecule has 1 heterocycles. The second-order valence-electron chi connectivity index (χ2n) is 3.46. The smallest absolute Gasteiger partial charge is 0.106 e. The van der Waals surface area contributed by atoms with Crippen molar-refractivity contribution >= 4 is 102 Å². The van der Waals surface area contributed by atoms with E-state index in [1.54, 1.807) is 26.5 Å². The van der Waals surface area contributed by atoms with Crippen LogP contribution in [0.5, 0.6) is 0 Å². The average Bonchev–Trinajstić information content (AvgIpc) is 2.18. The number of rotatable bonds is 2. The molecule has 1 fully saturated rings. The van der Waals surface area contributed by atoms with Crippen molar-refractivity contribution in [3.63, 3.8) is 0 Å². The van der Waals surface area contributed by atoms with Crippen LogP contribution in [-0.2, 0) is 0 Å². The Balaban J connectivity index is 3.31. The molecule has 2 atom stereocenters. The Morgan fingerprint density at radius 2 is 1.17 bits per heavy atom. The third-order valence-corrected chi connectivity index (χ3v) is 21.9. The van der Waals surface area contributed by atoms with Crippen LogP contribution in [0.3, 0.4) is 0 Å². The topological polar surface area (TPSA) is 24.7 Å². The van der Waals surface area contributed by atoms with Gasteiger partial charge in [0.05, 0.1) is 5.08 Å². The summed E-state index contributed by atoms with van der Waals surface area (Å²) < 4.78 is -0.856. The number of nitrogens with zero attached hydrogens (tertiary/aromatic N) is 2. The molecule has 1 rings (SSSR count). The highest BCUT2D eigenvalue weighted by Gasteiger charge is 2.57. The average molecular weight is 433 g/mol. The van der Waals surface area contributed by atoms with E-state index in [-0.39, 0.29) is 5.08 Å². The summed E-state index contributed by atoms with van der Waals surface area (Å²) in [6.45, 7) is 0. The van der Waals surface area contributed by atoms with E-state index in [2.05, 4.69) is 9.98 Å². The van der Waals surface area contributed by atoms with Crippen LogP contribution in [0.4, 0.5) is 0 Å². The molecule has 18 heavy (non-hydrogen) atoms. The molecule has 0 aromatic rings. The van der Waals surface area contributed by atoms with Gasteiger partial charge >= 0.3 is 0 Å². The third-order valence-electron chi connectivity index (χ3n) is 2.16. The number of halogens is 6. The van der Waals surface area contributed by atoms with Gasteiger partial charge in [-0.05, 0) is 72.5 Å². The van der Waals surface area contributed by atoms with Crippen molar-refractivity contribution in [2.75, 3.05) is 19.2 Å². The van der Waals surface area contributed by atoms with Crippen LogP contribution in [0.25, 0.3) is 0 Å². The summed E-state index contributed by atoms with van der Waals surface area (Å²) in [6.07, 6.45) is 3.20. The number of hydrogen-bond donors (Lipinski definition) is 0. The zero-order valence-electron chi connectivity index (χ0n) is 9.40. The van der Waals surface area contributed by atoms with Gasteiger partial charge in [-0.1, -0.05) is 16.9 Å². The van der Waals surface area contributed by atoms with E-state index in [0.717, 1.165) is 0 Å². The van der Waals surface area contributed by atoms with Gasteiger partial charge in [-0.15, -0.1) is 0 Å². The Bertz CT molecular complexity index is 340. The maximum atomic E-state index is 6.50. The minimum Gasteiger partial charge on any atom is -0.299 e.